The maximum Gasteiger partial charge on any atom is 0.315 e. The van der Waals surface area contributed by atoms with Crippen LogP contribution in [-0.2, 0) is 29.0 Å². The number of piperidine rings is 1. The molecule has 5 fully saturated rings. The van der Waals surface area contributed by atoms with Gasteiger partial charge in [-0.15, -0.1) is 6.58 Å². The summed E-state index contributed by atoms with van der Waals surface area (Å²) >= 11 is 0. The third-order valence-electron chi connectivity index (χ3n) is 14.2. The number of sulfone groups is 1. The predicted octanol–water partition coefficient (Wildman–Crippen LogP) is 5.06. The van der Waals surface area contributed by atoms with Crippen LogP contribution in [0.25, 0.3) is 0 Å². The first-order valence-corrected chi connectivity index (χ1v) is 22.6. The Labute approximate surface area is 329 Å². The number of hydrogen-bond donors (Lipinski definition) is 4. The van der Waals surface area contributed by atoms with Crippen LogP contribution in [0.15, 0.2) is 12.7 Å². The van der Waals surface area contributed by atoms with Gasteiger partial charge in [0.1, 0.15) is 12.1 Å². The van der Waals surface area contributed by atoms with Crippen LogP contribution >= 0.6 is 0 Å². The summed E-state index contributed by atoms with van der Waals surface area (Å²) in [5.74, 6) is -1.41. The monoisotopic (exact) mass is 787 g/mol. The van der Waals surface area contributed by atoms with Gasteiger partial charge in [-0.1, -0.05) is 72.8 Å². The number of likely N-dealkylation sites (tertiary alicyclic amines) is 1. The lowest BCUT2D eigenvalue weighted by molar-refractivity contribution is -0.146. The predicted molar refractivity (Wildman–Crippen MR) is 213 cm³/mol. The second-order valence-corrected chi connectivity index (χ2v) is 22.7. The Balaban J connectivity index is 1.41. The van der Waals surface area contributed by atoms with Crippen LogP contribution in [0.4, 0.5) is 4.79 Å². The van der Waals surface area contributed by atoms with Gasteiger partial charge in [0.15, 0.2) is 9.84 Å². The minimum Gasteiger partial charge on any atom is -0.346 e. The highest BCUT2D eigenvalue weighted by atomic mass is 32.2. The van der Waals surface area contributed by atoms with Gasteiger partial charge in [-0.05, 0) is 106 Å². The smallest absolute Gasteiger partial charge is 0.315 e. The van der Waals surface area contributed by atoms with E-state index >= 15 is 4.79 Å². The number of urea groups is 1. The van der Waals surface area contributed by atoms with Crippen LogP contribution in [0.3, 0.4) is 0 Å². The van der Waals surface area contributed by atoms with E-state index in [0.29, 0.717) is 50.5 Å². The van der Waals surface area contributed by atoms with Gasteiger partial charge < -0.3 is 26.2 Å². The zero-order valence-corrected chi connectivity index (χ0v) is 35.5. The third kappa shape index (κ3) is 9.44. The topological polar surface area (TPSA) is 171 Å². The molecule has 5 amide bonds. The van der Waals surface area contributed by atoms with Crippen LogP contribution in [-0.4, -0.2) is 90.1 Å². The van der Waals surface area contributed by atoms with Crippen LogP contribution in [0.2, 0.25) is 0 Å². The molecule has 4 aliphatic carbocycles. The molecule has 310 valence electrons. The minimum atomic E-state index is -3.60. The van der Waals surface area contributed by atoms with Crippen molar-refractivity contribution in [3.8, 4) is 0 Å². The van der Waals surface area contributed by atoms with E-state index in [9.17, 15) is 27.6 Å². The average molecular weight is 788 g/mol. The maximum absolute atomic E-state index is 15.0. The van der Waals surface area contributed by atoms with Crippen LogP contribution < -0.4 is 21.3 Å². The Kier molecular flexibility index (Phi) is 12.7. The number of fused-ring (bicyclic) bond motifs is 1. The summed E-state index contributed by atoms with van der Waals surface area (Å²) in [5.41, 5.74) is -1.78. The number of carbonyl (C=O) groups is 5. The normalized spacial score (nSPS) is 29.7. The van der Waals surface area contributed by atoms with Crippen molar-refractivity contribution < 1.29 is 32.4 Å². The maximum atomic E-state index is 15.0. The lowest BCUT2D eigenvalue weighted by Crippen LogP contribution is -2.65. The molecule has 55 heavy (non-hydrogen) atoms. The number of ketones is 1. The summed E-state index contributed by atoms with van der Waals surface area (Å²) in [6, 6.07) is -3.40. The summed E-state index contributed by atoms with van der Waals surface area (Å²) in [5, 5.41) is 11.7. The summed E-state index contributed by atoms with van der Waals surface area (Å²) in [4.78, 5) is 71.4. The van der Waals surface area contributed by atoms with Crippen LogP contribution in [0.5, 0.6) is 0 Å². The van der Waals surface area contributed by atoms with E-state index in [0.717, 1.165) is 44.9 Å². The zero-order chi connectivity index (χ0) is 40.7. The van der Waals surface area contributed by atoms with Crippen molar-refractivity contribution in [2.75, 3.05) is 18.8 Å². The van der Waals surface area contributed by atoms with E-state index in [1.807, 2.05) is 6.92 Å². The van der Waals surface area contributed by atoms with Gasteiger partial charge in [0.05, 0.1) is 22.1 Å². The lowest BCUT2D eigenvalue weighted by Gasteiger charge is -2.45. The Morgan fingerprint density at radius 3 is 2.07 bits per heavy atom. The number of hydrogen-bond acceptors (Lipinski definition) is 7. The molecule has 1 saturated heterocycles. The van der Waals surface area contributed by atoms with E-state index in [2.05, 4.69) is 55.5 Å². The molecule has 1 aliphatic heterocycles. The largest absolute Gasteiger partial charge is 0.346 e. The molecule has 0 aromatic heterocycles. The second-order valence-electron chi connectivity index (χ2n) is 20.0. The number of rotatable bonds is 15. The summed E-state index contributed by atoms with van der Waals surface area (Å²) in [7, 11) is -3.60. The van der Waals surface area contributed by atoms with Gasteiger partial charge in [-0.2, -0.15) is 0 Å². The highest BCUT2D eigenvalue weighted by molar-refractivity contribution is 7.92. The molecule has 1 heterocycles. The fraction of sp³-hybridized carbons (Fsp3) is 0.833. The molecule has 12 nitrogen and oxygen atoms in total. The number of nitrogens with one attached hydrogen (secondary N) is 4. The molecular formula is C42H69N5O7S. The van der Waals surface area contributed by atoms with Gasteiger partial charge >= 0.3 is 6.03 Å². The fourth-order valence-electron chi connectivity index (χ4n) is 9.90. The third-order valence-corrected chi connectivity index (χ3v) is 17.0. The van der Waals surface area contributed by atoms with Crippen molar-refractivity contribution >= 4 is 39.4 Å². The molecule has 4 N–H and O–H groups in total. The van der Waals surface area contributed by atoms with Crippen molar-refractivity contribution in [2.45, 2.75) is 161 Å². The van der Waals surface area contributed by atoms with Crippen molar-refractivity contribution in [3.63, 3.8) is 0 Å². The summed E-state index contributed by atoms with van der Waals surface area (Å²) in [6.45, 7) is 19.7. The van der Waals surface area contributed by atoms with Crippen LogP contribution in [0, 0.1) is 40.4 Å². The van der Waals surface area contributed by atoms with E-state index in [4.69, 9.17) is 0 Å². The Morgan fingerprint density at radius 1 is 0.909 bits per heavy atom. The average Bonchev–Trinajstić information content (AvgIpc) is 3.95. The second kappa shape index (κ2) is 16.1. The molecule has 5 aliphatic rings. The lowest BCUT2D eigenvalue weighted by atomic mass is 9.70. The van der Waals surface area contributed by atoms with Gasteiger partial charge in [0.25, 0.3) is 5.91 Å². The van der Waals surface area contributed by atoms with E-state index in [1.54, 1.807) is 25.7 Å². The molecule has 0 aromatic rings. The van der Waals surface area contributed by atoms with Gasteiger partial charge in [0, 0.05) is 13.1 Å². The molecule has 0 radical (unpaired) electrons. The highest BCUT2D eigenvalue weighted by Gasteiger charge is 2.70. The van der Waals surface area contributed by atoms with E-state index < -0.39 is 67.3 Å². The van der Waals surface area contributed by atoms with Crippen LogP contribution in [0.1, 0.15) is 132 Å². The molecule has 0 aromatic carbocycles. The van der Waals surface area contributed by atoms with Gasteiger partial charge in [0.2, 0.25) is 17.6 Å². The quantitative estimate of drug-likeness (QED) is 0.133. The van der Waals surface area contributed by atoms with E-state index in [-0.39, 0.29) is 41.4 Å². The molecular weight excluding hydrogens is 719 g/mol. The number of amides is 5. The van der Waals surface area contributed by atoms with E-state index in [1.165, 1.54) is 6.08 Å². The molecule has 5 atom stereocenters. The molecule has 4 saturated carbocycles. The fourth-order valence-corrected chi connectivity index (χ4v) is 11.4. The summed E-state index contributed by atoms with van der Waals surface area (Å²) < 4.78 is 26.3. The highest BCUT2D eigenvalue weighted by Crippen LogP contribution is 2.65. The molecule has 5 rings (SSSR count). The van der Waals surface area contributed by atoms with Crippen molar-refractivity contribution in [3.05, 3.63) is 12.7 Å². The van der Waals surface area contributed by atoms with Crippen molar-refractivity contribution in [1.82, 2.24) is 26.2 Å². The molecule has 0 bridgehead atoms. The minimum absolute atomic E-state index is 0.0660. The summed E-state index contributed by atoms with van der Waals surface area (Å²) in [6.07, 6.45) is 10.6. The Hall–Kier alpha value is -2.96. The first kappa shape index (κ1) is 43.2. The SMILES string of the molecule is C=CCNC(=O)C(=O)C(CC1CC1)NC(=O)[C@@H]1C2C(CN1C(=O)[C@@H](NC(=O)NC1(CS(=O)(=O)C(C)(C)C)CCC(C(C)C)CC1)C1(C)CCCCC1)C2(C)C. The zero-order valence-electron chi connectivity index (χ0n) is 34.7. The first-order chi connectivity index (χ1) is 25.6. The van der Waals surface area contributed by atoms with Crippen molar-refractivity contribution in [2.24, 2.45) is 40.4 Å². The Bertz CT molecular complexity index is 1600. The van der Waals surface area contributed by atoms with Gasteiger partial charge in [-0.3, -0.25) is 19.2 Å². The number of carbonyl (C=O) groups excluding carboxylic acids is 5. The molecule has 0 spiro atoms. The van der Waals surface area contributed by atoms with Gasteiger partial charge in [-0.25, -0.2) is 13.2 Å². The number of Topliss-reactive ketones (excluding diaryl/α,β-unsaturated/α-hetero) is 1. The standard InChI is InChI=1S/C42H69N5O7S/c1-10-22-43-36(50)33(48)30(23-27-14-15-27)44-35(49)32-31-29(40(31,7)8)24-47(32)37(51)34(41(9)18-12-11-13-19-41)45-38(52)46-42(25-55(53,54)39(4,5)6)20-16-28(17-21-42)26(2)3/h10,26-32,34H,1,11-25H2,2-9H3,(H,43,50)(H,44,49)(H2,45,46,52)/t28?,29?,30?,31?,32-,34+,42?/m0/s1. The number of nitrogens with zero attached hydrogens (tertiary/aromatic N) is 1. The van der Waals surface area contributed by atoms with Crippen molar-refractivity contribution in [1.29, 1.82) is 0 Å². The first-order valence-electron chi connectivity index (χ1n) is 20.9. The molecule has 13 heteroatoms. The Morgan fingerprint density at radius 2 is 1.53 bits per heavy atom. The molecule has 3 unspecified atom stereocenters.